The van der Waals surface area contributed by atoms with Crippen LogP contribution in [-0.2, 0) is 13.0 Å². The van der Waals surface area contributed by atoms with Crippen LogP contribution in [0.4, 0.5) is 5.69 Å². The molecular formula is C20H21N3O2. The maximum atomic E-state index is 12.5. The number of likely N-dealkylation sites (N-methyl/N-ethyl adjacent to an activating group) is 1. The predicted octanol–water partition coefficient (Wildman–Crippen LogP) is 3.20. The second kappa shape index (κ2) is 7.37. The number of ether oxygens (including phenoxy) is 1. The van der Waals surface area contributed by atoms with Gasteiger partial charge in [-0.3, -0.25) is 4.79 Å². The average Bonchev–Trinajstić information content (AvgIpc) is 2.61. The van der Waals surface area contributed by atoms with E-state index in [9.17, 15) is 10.1 Å². The van der Waals surface area contributed by atoms with Gasteiger partial charge in [-0.1, -0.05) is 6.07 Å². The van der Waals surface area contributed by atoms with Gasteiger partial charge in [-0.2, -0.15) is 5.26 Å². The van der Waals surface area contributed by atoms with Gasteiger partial charge in [0.2, 0.25) is 0 Å². The van der Waals surface area contributed by atoms with Gasteiger partial charge in [0.15, 0.2) is 0 Å². The van der Waals surface area contributed by atoms with Gasteiger partial charge in [-0.15, -0.1) is 0 Å². The molecule has 0 saturated carbocycles. The third-order valence-electron chi connectivity index (χ3n) is 4.33. The van der Waals surface area contributed by atoms with Crippen molar-refractivity contribution in [2.24, 2.45) is 0 Å². The lowest BCUT2D eigenvalue weighted by molar-refractivity contribution is 0.102. The Balaban J connectivity index is 1.79. The van der Waals surface area contributed by atoms with Gasteiger partial charge in [-0.25, -0.2) is 0 Å². The highest BCUT2D eigenvalue weighted by Gasteiger charge is 2.15. The SMILES string of the molecule is CCOc1ccc(C(=O)Nc2ccc3c(c2)CN(C)CC3)cc1C#N. The molecule has 1 aliphatic heterocycles. The molecule has 1 amide bonds. The molecule has 0 aromatic heterocycles. The first kappa shape index (κ1) is 17.0. The first-order valence-corrected chi connectivity index (χ1v) is 8.39. The molecule has 0 spiro atoms. The summed E-state index contributed by atoms with van der Waals surface area (Å²) in [7, 11) is 2.09. The lowest BCUT2D eigenvalue weighted by Gasteiger charge is -2.25. The van der Waals surface area contributed by atoms with E-state index in [1.807, 2.05) is 19.1 Å². The molecule has 0 aliphatic carbocycles. The lowest BCUT2D eigenvalue weighted by Crippen LogP contribution is -2.26. The first-order valence-electron chi connectivity index (χ1n) is 8.39. The number of anilines is 1. The zero-order valence-corrected chi connectivity index (χ0v) is 14.5. The molecule has 2 aromatic carbocycles. The Kier molecular flexibility index (Phi) is 5.01. The number of fused-ring (bicyclic) bond motifs is 1. The Hall–Kier alpha value is -2.84. The Bertz CT molecular complexity index is 839. The van der Waals surface area contributed by atoms with E-state index in [4.69, 9.17) is 4.74 Å². The number of nitrogens with one attached hydrogen (secondary N) is 1. The van der Waals surface area contributed by atoms with E-state index in [2.05, 4.69) is 29.4 Å². The van der Waals surface area contributed by atoms with E-state index in [1.165, 1.54) is 11.1 Å². The van der Waals surface area contributed by atoms with E-state index < -0.39 is 0 Å². The second-order valence-corrected chi connectivity index (χ2v) is 6.18. The van der Waals surface area contributed by atoms with Gasteiger partial charge in [0.1, 0.15) is 11.8 Å². The molecule has 3 rings (SSSR count). The van der Waals surface area contributed by atoms with Gasteiger partial charge in [-0.05, 0) is 61.9 Å². The van der Waals surface area contributed by atoms with E-state index in [0.29, 0.717) is 23.5 Å². The number of nitrogens with zero attached hydrogens (tertiary/aromatic N) is 2. The van der Waals surface area contributed by atoms with Crippen LogP contribution in [0.15, 0.2) is 36.4 Å². The average molecular weight is 335 g/mol. The molecule has 1 N–H and O–H groups in total. The van der Waals surface area contributed by atoms with Crippen molar-refractivity contribution in [1.29, 1.82) is 5.26 Å². The van der Waals surface area contributed by atoms with Gasteiger partial charge in [0.25, 0.3) is 5.91 Å². The van der Waals surface area contributed by atoms with Crippen LogP contribution in [-0.4, -0.2) is 31.0 Å². The quantitative estimate of drug-likeness (QED) is 0.932. The topological polar surface area (TPSA) is 65.4 Å². The molecule has 0 atom stereocenters. The largest absolute Gasteiger partial charge is 0.492 e. The Morgan fingerprint density at radius 3 is 2.88 bits per heavy atom. The van der Waals surface area contributed by atoms with Gasteiger partial charge in [0.05, 0.1) is 12.2 Å². The maximum absolute atomic E-state index is 12.5. The summed E-state index contributed by atoms with van der Waals surface area (Å²) in [5, 5.41) is 12.2. The second-order valence-electron chi connectivity index (χ2n) is 6.18. The van der Waals surface area contributed by atoms with Gasteiger partial charge < -0.3 is 15.0 Å². The molecule has 0 bridgehead atoms. The van der Waals surface area contributed by atoms with Crippen molar-refractivity contribution in [2.75, 3.05) is 25.5 Å². The summed E-state index contributed by atoms with van der Waals surface area (Å²) in [5.41, 5.74) is 4.16. The summed E-state index contributed by atoms with van der Waals surface area (Å²) in [4.78, 5) is 14.8. The lowest BCUT2D eigenvalue weighted by atomic mass is 9.99. The number of hydrogen-bond donors (Lipinski definition) is 1. The van der Waals surface area contributed by atoms with Crippen molar-refractivity contribution in [3.63, 3.8) is 0 Å². The van der Waals surface area contributed by atoms with Crippen LogP contribution >= 0.6 is 0 Å². The highest BCUT2D eigenvalue weighted by atomic mass is 16.5. The van der Waals surface area contributed by atoms with Crippen molar-refractivity contribution in [3.8, 4) is 11.8 Å². The van der Waals surface area contributed by atoms with Crippen molar-refractivity contribution in [3.05, 3.63) is 58.7 Å². The van der Waals surface area contributed by atoms with Crippen molar-refractivity contribution in [1.82, 2.24) is 4.90 Å². The van der Waals surface area contributed by atoms with Crippen LogP contribution in [0.1, 0.15) is 34.0 Å². The minimum absolute atomic E-state index is 0.233. The number of carbonyl (C=O) groups is 1. The summed E-state index contributed by atoms with van der Waals surface area (Å²) in [5.74, 6) is 0.266. The zero-order valence-electron chi connectivity index (χ0n) is 14.5. The molecule has 0 fully saturated rings. The summed E-state index contributed by atoms with van der Waals surface area (Å²) in [6.45, 7) is 4.28. The van der Waals surface area contributed by atoms with Crippen molar-refractivity contribution >= 4 is 11.6 Å². The number of amides is 1. The highest BCUT2D eigenvalue weighted by Crippen LogP contribution is 2.23. The third-order valence-corrected chi connectivity index (χ3v) is 4.33. The molecule has 1 aliphatic rings. The Morgan fingerprint density at radius 1 is 1.28 bits per heavy atom. The first-order chi connectivity index (χ1) is 12.1. The summed E-state index contributed by atoms with van der Waals surface area (Å²) >= 11 is 0. The van der Waals surface area contributed by atoms with Crippen LogP contribution in [0.25, 0.3) is 0 Å². The fraction of sp³-hybridized carbons (Fsp3) is 0.300. The molecule has 0 unspecified atom stereocenters. The smallest absolute Gasteiger partial charge is 0.255 e. The van der Waals surface area contributed by atoms with Crippen LogP contribution in [0.3, 0.4) is 0 Å². The van der Waals surface area contributed by atoms with E-state index in [1.54, 1.807) is 18.2 Å². The molecule has 0 radical (unpaired) electrons. The fourth-order valence-electron chi connectivity index (χ4n) is 3.02. The number of benzene rings is 2. The van der Waals surface area contributed by atoms with E-state index in [-0.39, 0.29) is 5.91 Å². The molecule has 128 valence electrons. The maximum Gasteiger partial charge on any atom is 0.255 e. The summed E-state index contributed by atoms with van der Waals surface area (Å²) in [6.07, 6.45) is 1.03. The molecule has 5 nitrogen and oxygen atoms in total. The molecule has 5 heteroatoms. The molecule has 0 saturated heterocycles. The van der Waals surface area contributed by atoms with E-state index in [0.717, 1.165) is 25.2 Å². The van der Waals surface area contributed by atoms with Crippen LogP contribution < -0.4 is 10.1 Å². The minimum atomic E-state index is -0.233. The number of carbonyl (C=O) groups excluding carboxylic acids is 1. The number of rotatable bonds is 4. The molecular weight excluding hydrogens is 314 g/mol. The Labute approximate surface area is 147 Å². The monoisotopic (exact) mass is 335 g/mol. The summed E-state index contributed by atoms with van der Waals surface area (Å²) < 4.78 is 5.39. The van der Waals surface area contributed by atoms with Crippen LogP contribution in [0, 0.1) is 11.3 Å². The van der Waals surface area contributed by atoms with Crippen molar-refractivity contribution in [2.45, 2.75) is 19.9 Å². The van der Waals surface area contributed by atoms with Crippen LogP contribution in [0.5, 0.6) is 5.75 Å². The summed E-state index contributed by atoms with van der Waals surface area (Å²) in [6, 6.07) is 13.0. The zero-order chi connectivity index (χ0) is 17.8. The fourth-order valence-corrected chi connectivity index (χ4v) is 3.02. The standard InChI is InChI=1S/C20H21N3O2/c1-3-25-19-7-5-15(10-16(19)12-21)20(24)22-18-6-4-14-8-9-23(2)13-17(14)11-18/h4-7,10-11H,3,8-9,13H2,1-2H3,(H,22,24). The highest BCUT2D eigenvalue weighted by molar-refractivity contribution is 6.04. The minimum Gasteiger partial charge on any atom is -0.492 e. The molecule has 2 aromatic rings. The van der Waals surface area contributed by atoms with Crippen molar-refractivity contribution < 1.29 is 9.53 Å². The third kappa shape index (κ3) is 3.81. The number of nitriles is 1. The van der Waals surface area contributed by atoms with Gasteiger partial charge >= 0.3 is 0 Å². The van der Waals surface area contributed by atoms with Gasteiger partial charge in [0, 0.05) is 24.3 Å². The normalized spacial score (nSPS) is 13.6. The predicted molar refractivity (Wildman–Crippen MR) is 96.8 cm³/mol. The number of hydrogen-bond acceptors (Lipinski definition) is 4. The molecule has 25 heavy (non-hydrogen) atoms. The van der Waals surface area contributed by atoms with Crippen LogP contribution in [0.2, 0.25) is 0 Å². The van der Waals surface area contributed by atoms with E-state index >= 15 is 0 Å². The Morgan fingerprint density at radius 2 is 2.12 bits per heavy atom. The molecule has 1 heterocycles.